The molecule has 0 aliphatic carbocycles. The number of rotatable bonds is 3. The lowest BCUT2D eigenvalue weighted by molar-refractivity contribution is 0.465. The van der Waals surface area contributed by atoms with Crippen molar-refractivity contribution in [3.05, 3.63) is 58.1 Å². The molecule has 0 aliphatic rings. The predicted molar refractivity (Wildman–Crippen MR) is 77.0 cm³/mol. The number of fused-ring (bicyclic) bond motifs is 1. The molecule has 0 unspecified atom stereocenters. The highest BCUT2D eigenvalue weighted by molar-refractivity contribution is 5.76. The first-order valence-corrected chi connectivity index (χ1v) is 6.28. The molecule has 1 heterocycles. The van der Waals surface area contributed by atoms with Crippen molar-refractivity contribution in [3.63, 3.8) is 0 Å². The molecule has 20 heavy (non-hydrogen) atoms. The first-order valence-electron chi connectivity index (χ1n) is 6.28. The number of aryl methyl sites for hydroxylation is 1. The van der Waals surface area contributed by atoms with E-state index in [1.807, 2.05) is 31.2 Å². The summed E-state index contributed by atoms with van der Waals surface area (Å²) in [6.07, 6.45) is 0. The minimum absolute atomic E-state index is 0.304. The molecule has 0 radical (unpaired) electrons. The van der Waals surface area contributed by atoms with Crippen LogP contribution in [0.3, 0.4) is 0 Å². The average Bonchev–Trinajstić information content (AvgIpc) is 2.79. The van der Waals surface area contributed by atoms with Crippen LogP contribution in [0, 0.1) is 6.92 Å². The summed E-state index contributed by atoms with van der Waals surface area (Å²) >= 11 is 0. The first kappa shape index (κ1) is 12.3. The number of oxazole rings is 1. The van der Waals surface area contributed by atoms with Gasteiger partial charge in [0.1, 0.15) is 5.75 Å². The summed E-state index contributed by atoms with van der Waals surface area (Å²) in [5.74, 6) is -0.161. The molecule has 102 valence electrons. The van der Waals surface area contributed by atoms with Crippen LogP contribution in [0.5, 0.6) is 5.75 Å². The standard InChI is InChI=1S/C15H14N2O3/c1-9-3-2-4-10(14(9)18)8-16-11-5-6-13-12(7-11)17-15(19)20-13/h2-7,16,18H,8H2,1H3,(H,17,19). The number of H-pyrrole nitrogens is 1. The first-order chi connectivity index (χ1) is 9.63. The van der Waals surface area contributed by atoms with Crippen LogP contribution in [-0.4, -0.2) is 10.1 Å². The maximum Gasteiger partial charge on any atom is 0.417 e. The Morgan fingerprint density at radius 2 is 2.15 bits per heavy atom. The molecule has 3 aromatic rings. The summed E-state index contributed by atoms with van der Waals surface area (Å²) < 4.78 is 4.94. The fraction of sp³-hybridized carbons (Fsp3) is 0.133. The number of anilines is 1. The second kappa shape index (κ2) is 4.77. The van der Waals surface area contributed by atoms with Crippen LogP contribution < -0.4 is 11.1 Å². The third kappa shape index (κ3) is 2.25. The lowest BCUT2D eigenvalue weighted by Crippen LogP contribution is -2.00. The summed E-state index contributed by atoms with van der Waals surface area (Å²) in [4.78, 5) is 13.7. The van der Waals surface area contributed by atoms with Gasteiger partial charge in [0, 0.05) is 17.8 Å². The zero-order chi connectivity index (χ0) is 14.1. The Morgan fingerprint density at radius 1 is 1.30 bits per heavy atom. The number of benzene rings is 2. The molecular weight excluding hydrogens is 256 g/mol. The normalized spacial score (nSPS) is 10.8. The van der Waals surface area contributed by atoms with Crippen LogP contribution in [0.2, 0.25) is 0 Å². The molecule has 3 N–H and O–H groups in total. The van der Waals surface area contributed by atoms with Crippen LogP contribution in [0.25, 0.3) is 11.1 Å². The monoisotopic (exact) mass is 270 g/mol. The lowest BCUT2D eigenvalue weighted by atomic mass is 10.1. The fourth-order valence-electron chi connectivity index (χ4n) is 2.12. The number of phenols is 1. The van der Waals surface area contributed by atoms with E-state index < -0.39 is 5.76 Å². The van der Waals surface area contributed by atoms with Crippen molar-refractivity contribution >= 4 is 16.8 Å². The molecule has 0 spiro atoms. The van der Waals surface area contributed by atoms with Gasteiger partial charge in [0.2, 0.25) is 0 Å². The quantitative estimate of drug-likeness (QED) is 0.683. The van der Waals surface area contributed by atoms with Crippen LogP contribution in [0.4, 0.5) is 5.69 Å². The number of phenolic OH excluding ortho intramolecular Hbond substituents is 1. The van der Waals surface area contributed by atoms with Gasteiger partial charge in [-0.05, 0) is 30.7 Å². The molecular formula is C15H14N2O3. The molecule has 3 rings (SSSR count). The SMILES string of the molecule is Cc1cccc(CNc2ccc3oc(=O)[nH]c3c2)c1O. The Bertz CT molecular complexity index is 817. The van der Waals surface area contributed by atoms with Gasteiger partial charge in [0.15, 0.2) is 5.58 Å². The third-order valence-electron chi connectivity index (χ3n) is 3.22. The number of hydrogen-bond donors (Lipinski definition) is 3. The number of aromatic hydroxyl groups is 1. The summed E-state index contributed by atoms with van der Waals surface area (Å²) in [5.41, 5.74) is 3.69. The van der Waals surface area contributed by atoms with Crippen LogP contribution in [0.1, 0.15) is 11.1 Å². The molecule has 5 heteroatoms. The number of aromatic nitrogens is 1. The van der Waals surface area contributed by atoms with Crippen molar-refractivity contribution in [3.8, 4) is 5.75 Å². The van der Waals surface area contributed by atoms with Gasteiger partial charge in [-0.2, -0.15) is 0 Å². The van der Waals surface area contributed by atoms with Crippen molar-refractivity contribution in [1.82, 2.24) is 4.98 Å². The molecule has 0 saturated heterocycles. The highest BCUT2D eigenvalue weighted by Gasteiger charge is 2.05. The van der Waals surface area contributed by atoms with E-state index in [4.69, 9.17) is 4.42 Å². The molecule has 0 aliphatic heterocycles. The van der Waals surface area contributed by atoms with Crippen molar-refractivity contribution in [2.75, 3.05) is 5.32 Å². The van der Waals surface area contributed by atoms with E-state index in [-0.39, 0.29) is 0 Å². The zero-order valence-electron chi connectivity index (χ0n) is 10.9. The van der Waals surface area contributed by atoms with Gasteiger partial charge in [-0.3, -0.25) is 4.98 Å². The molecule has 1 aromatic heterocycles. The molecule has 0 bridgehead atoms. The van der Waals surface area contributed by atoms with Gasteiger partial charge in [0.25, 0.3) is 0 Å². The van der Waals surface area contributed by atoms with Crippen LogP contribution in [-0.2, 0) is 6.54 Å². The number of hydrogen-bond acceptors (Lipinski definition) is 4. The molecule has 0 atom stereocenters. The van der Waals surface area contributed by atoms with E-state index >= 15 is 0 Å². The average molecular weight is 270 g/mol. The lowest BCUT2D eigenvalue weighted by Gasteiger charge is -2.09. The number of aromatic amines is 1. The van der Waals surface area contributed by atoms with E-state index in [0.717, 1.165) is 16.8 Å². The molecule has 2 aromatic carbocycles. The van der Waals surface area contributed by atoms with Gasteiger partial charge in [-0.25, -0.2) is 4.79 Å². The van der Waals surface area contributed by atoms with Crippen molar-refractivity contribution in [2.24, 2.45) is 0 Å². The maximum absolute atomic E-state index is 11.1. The second-order valence-corrected chi connectivity index (χ2v) is 4.66. The minimum atomic E-state index is -0.464. The Morgan fingerprint density at radius 3 is 3.00 bits per heavy atom. The Kier molecular flexibility index (Phi) is 2.95. The van der Waals surface area contributed by atoms with E-state index in [2.05, 4.69) is 10.3 Å². The second-order valence-electron chi connectivity index (χ2n) is 4.66. The van der Waals surface area contributed by atoms with Gasteiger partial charge in [-0.1, -0.05) is 18.2 Å². The van der Waals surface area contributed by atoms with Gasteiger partial charge in [-0.15, -0.1) is 0 Å². The van der Waals surface area contributed by atoms with Gasteiger partial charge in [0.05, 0.1) is 5.52 Å². The smallest absolute Gasteiger partial charge is 0.417 e. The highest BCUT2D eigenvalue weighted by atomic mass is 16.4. The minimum Gasteiger partial charge on any atom is -0.507 e. The van der Waals surface area contributed by atoms with Crippen molar-refractivity contribution in [1.29, 1.82) is 0 Å². The summed E-state index contributed by atoms with van der Waals surface area (Å²) in [6.45, 7) is 2.36. The van der Waals surface area contributed by atoms with Crippen LogP contribution in [0.15, 0.2) is 45.6 Å². The summed E-state index contributed by atoms with van der Waals surface area (Å²) in [7, 11) is 0. The number of nitrogens with one attached hydrogen (secondary N) is 2. The molecule has 5 nitrogen and oxygen atoms in total. The van der Waals surface area contributed by atoms with E-state index in [1.165, 1.54) is 0 Å². The summed E-state index contributed by atoms with van der Waals surface area (Å²) in [6, 6.07) is 11.0. The molecule has 0 saturated carbocycles. The largest absolute Gasteiger partial charge is 0.507 e. The molecule has 0 amide bonds. The van der Waals surface area contributed by atoms with Gasteiger partial charge >= 0.3 is 5.76 Å². The zero-order valence-corrected chi connectivity index (χ0v) is 10.9. The Balaban J connectivity index is 1.82. The van der Waals surface area contributed by atoms with Crippen LogP contribution >= 0.6 is 0 Å². The number of para-hydroxylation sites is 1. The van der Waals surface area contributed by atoms with E-state index in [0.29, 0.717) is 23.4 Å². The van der Waals surface area contributed by atoms with Gasteiger partial charge < -0.3 is 14.8 Å². The Labute approximate surface area is 114 Å². The van der Waals surface area contributed by atoms with E-state index in [9.17, 15) is 9.90 Å². The third-order valence-corrected chi connectivity index (χ3v) is 3.22. The Hall–Kier alpha value is -2.69. The van der Waals surface area contributed by atoms with Crippen molar-refractivity contribution < 1.29 is 9.52 Å². The highest BCUT2D eigenvalue weighted by Crippen LogP contribution is 2.23. The predicted octanol–water partition coefficient (Wildman–Crippen LogP) is 2.75. The molecule has 0 fully saturated rings. The maximum atomic E-state index is 11.1. The fourth-order valence-corrected chi connectivity index (χ4v) is 2.12. The topological polar surface area (TPSA) is 78.3 Å². The summed E-state index contributed by atoms with van der Waals surface area (Å²) in [5, 5.41) is 13.2. The van der Waals surface area contributed by atoms with E-state index in [1.54, 1.807) is 12.1 Å². The van der Waals surface area contributed by atoms with Crippen molar-refractivity contribution in [2.45, 2.75) is 13.5 Å².